The van der Waals surface area contributed by atoms with Crippen LogP contribution in [0.15, 0.2) is 17.1 Å². The number of hydrogen-bond acceptors (Lipinski definition) is 4. The summed E-state index contributed by atoms with van der Waals surface area (Å²) < 4.78 is 6.28. The van der Waals surface area contributed by atoms with E-state index in [0.29, 0.717) is 13.2 Å². The lowest BCUT2D eigenvalue weighted by Crippen LogP contribution is -2.22. The lowest BCUT2D eigenvalue weighted by atomic mass is 10.5. The van der Waals surface area contributed by atoms with E-state index in [2.05, 4.69) is 5.10 Å². The number of aryl methyl sites for hydroxylation is 1. The molecule has 0 radical (unpaired) electrons. The fraction of sp³-hybridized carbons (Fsp3) is 0.429. The average Bonchev–Trinajstić information content (AvgIpc) is 2.08. The molecule has 12 heavy (non-hydrogen) atoms. The predicted molar refractivity (Wildman–Crippen MR) is 44.0 cm³/mol. The van der Waals surface area contributed by atoms with Crippen molar-refractivity contribution in [2.75, 3.05) is 13.2 Å². The predicted octanol–water partition coefficient (Wildman–Crippen LogP) is -0.882. The van der Waals surface area contributed by atoms with Gasteiger partial charge in [0.05, 0.1) is 6.20 Å². The quantitative estimate of drug-likeness (QED) is 0.637. The molecule has 0 fully saturated rings. The highest BCUT2D eigenvalue weighted by Crippen LogP contribution is 1.97. The third-order valence-electron chi connectivity index (χ3n) is 1.35. The van der Waals surface area contributed by atoms with Gasteiger partial charge in [-0.05, 0) is 0 Å². The Morgan fingerprint density at radius 3 is 3.17 bits per heavy atom. The Morgan fingerprint density at radius 1 is 1.75 bits per heavy atom. The Labute approximate surface area is 69.8 Å². The zero-order valence-corrected chi connectivity index (χ0v) is 6.86. The van der Waals surface area contributed by atoms with Gasteiger partial charge in [-0.2, -0.15) is 5.10 Å². The molecule has 5 heteroatoms. The summed E-state index contributed by atoms with van der Waals surface area (Å²) >= 11 is 0. The van der Waals surface area contributed by atoms with Crippen molar-refractivity contribution in [3.05, 3.63) is 22.6 Å². The van der Waals surface area contributed by atoms with E-state index in [4.69, 9.17) is 10.5 Å². The summed E-state index contributed by atoms with van der Waals surface area (Å²) in [5, 5.41) is 3.74. The fourth-order valence-electron chi connectivity index (χ4n) is 0.763. The SMILES string of the molecule is Cn1nccc(OCCN)c1=O. The normalized spacial score (nSPS) is 9.83. The van der Waals surface area contributed by atoms with Gasteiger partial charge in [-0.25, -0.2) is 4.68 Å². The zero-order valence-electron chi connectivity index (χ0n) is 6.86. The highest BCUT2D eigenvalue weighted by atomic mass is 16.5. The van der Waals surface area contributed by atoms with Crippen LogP contribution in [-0.4, -0.2) is 22.9 Å². The number of nitrogens with zero attached hydrogens (tertiary/aromatic N) is 2. The molecule has 0 aliphatic rings. The first kappa shape index (κ1) is 8.73. The molecule has 5 nitrogen and oxygen atoms in total. The highest BCUT2D eigenvalue weighted by Gasteiger charge is 2.00. The van der Waals surface area contributed by atoms with Gasteiger partial charge in [0.15, 0.2) is 5.75 Å². The van der Waals surface area contributed by atoms with Gasteiger partial charge in [-0.15, -0.1) is 0 Å². The zero-order chi connectivity index (χ0) is 8.97. The van der Waals surface area contributed by atoms with Crippen molar-refractivity contribution >= 4 is 0 Å². The Bertz CT molecular complexity index is 308. The highest BCUT2D eigenvalue weighted by molar-refractivity contribution is 5.13. The van der Waals surface area contributed by atoms with Gasteiger partial charge in [0.25, 0.3) is 0 Å². The first-order chi connectivity index (χ1) is 5.75. The minimum Gasteiger partial charge on any atom is -0.486 e. The molecule has 0 aliphatic heterocycles. The van der Waals surface area contributed by atoms with Crippen LogP contribution in [0.2, 0.25) is 0 Å². The Hall–Kier alpha value is -1.36. The van der Waals surface area contributed by atoms with Crippen LogP contribution < -0.4 is 16.0 Å². The van der Waals surface area contributed by atoms with E-state index in [1.807, 2.05) is 0 Å². The molecule has 0 bridgehead atoms. The van der Waals surface area contributed by atoms with E-state index in [-0.39, 0.29) is 11.3 Å². The summed E-state index contributed by atoms with van der Waals surface area (Å²) in [7, 11) is 1.57. The number of nitrogens with two attached hydrogens (primary N) is 1. The van der Waals surface area contributed by atoms with Crippen LogP contribution in [0.4, 0.5) is 0 Å². The fourth-order valence-corrected chi connectivity index (χ4v) is 0.763. The van der Waals surface area contributed by atoms with Crippen molar-refractivity contribution in [1.29, 1.82) is 0 Å². The summed E-state index contributed by atoms with van der Waals surface area (Å²) in [5.74, 6) is 0.290. The molecular weight excluding hydrogens is 158 g/mol. The molecule has 1 rings (SSSR count). The van der Waals surface area contributed by atoms with E-state index < -0.39 is 0 Å². The minimum atomic E-state index is -0.244. The summed E-state index contributed by atoms with van der Waals surface area (Å²) in [6.07, 6.45) is 1.51. The van der Waals surface area contributed by atoms with Crippen LogP contribution in [0.3, 0.4) is 0 Å². The smallest absolute Gasteiger partial charge is 0.308 e. The molecule has 1 aromatic heterocycles. The third-order valence-corrected chi connectivity index (χ3v) is 1.35. The van der Waals surface area contributed by atoms with Gasteiger partial charge in [-0.1, -0.05) is 0 Å². The van der Waals surface area contributed by atoms with Gasteiger partial charge in [0.2, 0.25) is 0 Å². The molecule has 0 amide bonds. The van der Waals surface area contributed by atoms with Crippen molar-refractivity contribution in [1.82, 2.24) is 9.78 Å². The largest absolute Gasteiger partial charge is 0.486 e. The number of rotatable bonds is 3. The van der Waals surface area contributed by atoms with Gasteiger partial charge >= 0.3 is 5.56 Å². The van der Waals surface area contributed by atoms with Crippen LogP contribution in [0.5, 0.6) is 5.75 Å². The van der Waals surface area contributed by atoms with Crippen molar-refractivity contribution in [3.8, 4) is 5.75 Å². The van der Waals surface area contributed by atoms with E-state index in [1.165, 1.54) is 16.9 Å². The molecule has 0 unspecified atom stereocenters. The summed E-state index contributed by atoms with van der Waals surface area (Å²) in [4.78, 5) is 11.2. The molecule has 0 atom stereocenters. The van der Waals surface area contributed by atoms with Crippen molar-refractivity contribution in [3.63, 3.8) is 0 Å². The van der Waals surface area contributed by atoms with Crippen LogP contribution >= 0.6 is 0 Å². The maximum Gasteiger partial charge on any atom is 0.308 e. The van der Waals surface area contributed by atoms with Crippen LogP contribution in [0.1, 0.15) is 0 Å². The summed E-state index contributed by atoms with van der Waals surface area (Å²) in [6, 6.07) is 1.53. The number of hydrogen-bond donors (Lipinski definition) is 1. The molecule has 1 heterocycles. The molecule has 0 aromatic carbocycles. The minimum absolute atomic E-state index is 0.244. The van der Waals surface area contributed by atoms with Crippen molar-refractivity contribution in [2.24, 2.45) is 12.8 Å². The first-order valence-electron chi connectivity index (χ1n) is 3.61. The second-order valence-electron chi connectivity index (χ2n) is 2.26. The second-order valence-corrected chi connectivity index (χ2v) is 2.26. The topological polar surface area (TPSA) is 70.1 Å². The van der Waals surface area contributed by atoms with Crippen molar-refractivity contribution < 1.29 is 4.74 Å². The van der Waals surface area contributed by atoms with E-state index in [9.17, 15) is 4.79 Å². The molecule has 0 aliphatic carbocycles. The average molecular weight is 169 g/mol. The van der Waals surface area contributed by atoms with Gasteiger partial charge in [0.1, 0.15) is 6.61 Å². The second kappa shape index (κ2) is 3.87. The Kier molecular flexibility index (Phi) is 2.82. The van der Waals surface area contributed by atoms with Crippen LogP contribution in [-0.2, 0) is 7.05 Å². The standard InChI is InChI=1S/C7H11N3O2/c1-10-7(11)6(2-4-9-10)12-5-3-8/h2,4H,3,5,8H2,1H3. The van der Waals surface area contributed by atoms with Gasteiger partial charge in [-0.3, -0.25) is 4.79 Å². The molecule has 66 valence electrons. The maximum absolute atomic E-state index is 11.2. The summed E-state index contributed by atoms with van der Waals surface area (Å²) in [6.45, 7) is 0.741. The van der Waals surface area contributed by atoms with E-state index >= 15 is 0 Å². The molecule has 0 saturated heterocycles. The lowest BCUT2D eigenvalue weighted by molar-refractivity contribution is 0.319. The molecule has 0 spiro atoms. The van der Waals surface area contributed by atoms with E-state index in [1.54, 1.807) is 7.05 Å². The molecular formula is C7H11N3O2. The molecule has 0 saturated carbocycles. The van der Waals surface area contributed by atoms with Gasteiger partial charge in [0, 0.05) is 19.7 Å². The monoisotopic (exact) mass is 169 g/mol. The van der Waals surface area contributed by atoms with Crippen molar-refractivity contribution in [2.45, 2.75) is 0 Å². The first-order valence-corrected chi connectivity index (χ1v) is 3.61. The lowest BCUT2D eigenvalue weighted by Gasteiger charge is -2.03. The third kappa shape index (κ3) is 1.82. The van der Waals surface area contributed by atoms with Gasteiger partial charge < -0.3 is 10.5 Å². The Balaban J connectivity index is 2.85. The van der Waals surface area contributed by atoms with Crippen LogP contribution in [0.25, 0.3) is 0 Å². The molecule has 1 aromatic rings. The Morgan fingerprint density at radius 2 is 2.50 bits per heavy atom. The number of aromatic nitrogens is 2. The summed E-state index contributed by atoms with van der Waals surface area (Å²) in [5.41, 5.74) is 4.97. The van der Waals surface area contributed by atoms with E-state index in [0.717, 1.165) is 0 Å². The molecule has 2 N–H and O–H groups in total. The maximum atomic E-state index is 11.2. The van der Waals surface area contributed by atoms with Crippen LogP contribution in [0, 0.1) is 0 Å². The number of ether oxygens (including phenoxy) is 1.